The lowest BCUT2D eigenvalue weighted by atomic mass is 10.2. The molecule has 1 aliphatic rings. The van der Waals surface area contributed by atoms with E-state index in [2.05, 4.69) is 10.6 Å². The van der Waals surface area contributed by atoms with Crippen molar-refractivity contribution in [2.45, 2.75) is 20.0 Å². The van der Waals surface area contributed by atoms with Gasteiger partial charge < -0.3 is 15.4 Å². The van der Waals surface area contributed by atoms with Crippen molar-refractivity contribution in [3.63, 3.8) is 0 Å². The summed E-state index contributed by atoms with van der Waals surface area (Å²) in [5, 5.41) is 5.84. The number of carbonyl (C=O) groups is 1. The molecular weight excluding hydrogens is 239 g/mol. The monoisotopic (exact) mass is 249 g/mol. The minimum absolute atomic E-state index is 0.196. The van der Waals surface area contributed by atoms with Crippen LogP contribution in [-0.2, 0) is 4.74 Å². The van der Waals surface area contributed by atoms with Gasteiger partial charge in [0.15, 0.2) is 6.04 Å². The van der Waals surface area contributed by atoms with E-state index in [1.54, 1.807) is 13.8 Å². The maximum atomic E-state index is 11.3. The van der Waals surface area contributed by atoms with Crippen LogP contribution in [0.5, 0.6) is 0 Å². The van der Waals surface area contributed by atoms with Gasteiger partial charge in [0.05, 0.1) is 16.2 Å². The van der Waals surface area contributed by atoms with Gasteiger partial charge in [-0.3, -0.25) is 0 Å². The van der Waals surface area contributed by atoms with Crippen LogP contribution >= 0.6 is 23.2 Å². The van der Waals surface area contributed by atoms with Crippen molar-refractivity contribution in [3.05, 3.63) is 28.5 Å². The summed E-state index contributed by atoms with van der Waals surface area (Å²) >= 11 is 11.6. The zero-order valence-electron chi connectivity index (χ0n) is 8.30. The first-order valence-electron chi connectivity index (χ1n) is 4.33. The molecule has 0 fully saturated rings. The second-order valence-electron chi connectivity index (χ2n) is 3.11. The summed E-state index contributed by atoms with van der Waals surface area (Å²) in [5.74, 6) is 0. The fourth-order valence-corrected chi connectivity index (χ4v) is 1.38. The van der Waals surface area contributed by atoms with Gasteiger partial charge in [0.1, 0.15) is 0 Å². The molecule has 15 heavy (non-hydrogen) atoms. The first kappa shape index (κ1) is 12.2. The van der Waals surface area contributed by atoms with Crippen LogP contribution in [0, 0.1) is 6.04 Å². The highest BCUT2D eigenvalue weighted by molar-refractivity contribution is 6.37. The summed E-state index contributed by atoms with van der Waals surface area (Å²) in [7, 11) is 0. The smallest absolute Gasteiger partial charge is 0.408 e. The molecule has 0 aliphatic carbocycles. The molecule has 1 heterocycles. The average molecular weight is 250 g/mol. The molecule has 0 saturated carbocycles. The fourth-order valence-electron chi connectivity index (χ4n) is 0.911. The molecular formula is C9H11Cl2N2O2. The molecule has 1 radical (unpaired) electrons. The van der Waals surface area contributed by atoms with Crippen molar-refractivity contribution in [3.8, 4) is 0 Å². The number of rotatable bonds is 2. The van der Waals surface area contributed by atoms with Crippen LogP contribution in [0.25, 0.3) is 0 Å². The molecule has 0 aromatic carbocycles. The number of carbonyl (C=O) groups excluding carboxylic acids is 1. The van der Waals surface area contributed by atoms with Gasteiger partial charge in [-0.15, -0.1) is 0 Å². The van der Waals surface area contributed by atoms with E-state index in [0.717, 1.165) is 0 Å². The first-order chi connectivity index (χ1) is 7.00. The van der Waals surface area contributed by atoms with Crippen molar-refractivity contribution in [1.82, 2.24) is 10.6 Å². The summed E-state index contributed by atoms with van der Waals surface area (Å²) in [6, 6.07) is 0.336. The van der Waals surface area contributed by atoms with Gasteiger partial charge in [-0.2, -0.15) is 0 Å². The van der Waals surface area contributed by atoms with Gasteiger partial charge >= 0.3 is 6.09 Å². The van der Waals surface area contributed by atoms with E-state index in [0.29, 0.717) is 16.1 Å². The number of amides is 1. The number of dihydropyridines is 1. The number of hydrogen-bond donors (Lipinski definition) is 2. The van der Waals surface area contributed by atoms with Crippen LogP contribution in [-0.4, -0.2) is 12.2 Å². The van der Waals surface area contributed by atoms with Crippen LogP contribution in [0.15, 0.2) is 22.5 Å². The topological polar surface area (TPSA) is 50.4 Å². The SMILES string of the molecule is CC(C)OC(=O)N[C]1C(Cl)=CNC=C1Cl. The molecule has 0 saturated heterocycles. The van der Waals surface area contributed by atoms with Gasteiger partial charge in [-0.1, -0.05) is 23.2 Å². The zero-order chi connectivity index (χ0) is 11.4. The lowest BCUT2D eigenvalue weighted by Gasteiger charge is -2.19. The average Bonchev–Trinajstić information content (AvgIpc) is 2.10. The molecule has 1 aliphatic heterocycles. The third-order valence-corrected chi connectivity index (χ3v) is 2.06. The summed E-state index contributed by atoms with van der Waals surface area (Å²) in [4.78, 5) is 11.3. The van der Waals surface area contributed by atoms with Gasteiger partial charge in [0, 0.05) is 12.4 Å². The van der Waals surface area contributed by atoms with Crippen LogP contribution in [0.2, 0.25) is 0 Å². The largest absolute Gasteiger partial charge is 0.447 e. The second-order valence-corrected chi connectivity index (χ2v) is 3.92. The Morgan fingerprint density at radius 3 is 2.40 bits per heavy atom. The molecule has 2 N–H and O–H groups in total. The molecule has 1 amide bonds. The normalized spacial score (nSPS) is 16.6. The van der Waals surface area contributed by atoms with Gasteiger partial charge in [-0.05, 0) is 13.8 Å². The Balaban J connectivity index is 2.56. The highest BCUT2D eigenvalue weighted by atomic mass is 35.5. The standard InChI is InChI=1S/C9H11Cl2N2O2/c1-5(2)15-9(14)13-8-6(10)3-12-4-7(8)11/h3-5,12H,1-2H3,(H,13,14). The Morgan fingerprint density at radius 2 is 1.93 bits per heavy atom. The van der Waals surface area contributed by atoms with E-state index in [1.807, 2.05) is 0 Å². The third kappa shape index (κ3) is 3.64. The number of ether oxygens (including phenoxy) is 1. The van der Waals surface area contributed by atoms with Crippen LogP contribution in [0.4, 0.5) is 4.79 Å². The van der Waals surface area contributed by atoms with Crippen molar-refractivity contribution in [2.24, 2.45) is 0 Å². The van der Waals surface area contributed by atoms with Crippen molar-refractivity contribution >= 4 is 29.3 Å². The van der Waals surface area contributed by atoms with Gasteiger partial charge in [-0.25, -0.2) is 4.79 Å². The fraction of sp³-hybridized carbons (Fsp3) is 0.333. The number of alkyl carbamates (subject to hydrolysis) is 1. The van der Waals surface area contributed by atoms with E-state index < -0.39 is 6.09 Å². The van der Waals surface area contributed by atoms with Crippen LogP contribution in [0.3, 0.4) is 0 Å². The molecule has 0 spiro atoms. The van der Waals surface area contributed by atoms with E-state index in [1.165, 1.54) is 12.4 Å². The number of halogens is 2. The Kier molecular flexibility index (Phi) is 4.29. The Hall–Kier alpha value is -0.870. The van der Waals surface area contributed by atoms with Gasteiger partial charge in [0.2, 0.25) is 0 Å². The van der Waals surface area contributed by atoms with Crippen LogP contribution < -0.4 is 10.6 Å². The van der Waals surface area contributed by atoms with Crippen molar-refractivity contribution in [1.29, 1.82) is 0 Å². The maximum absolute atomic E-state index is 11.3. The van der Waals surface area contributed by atoms with Crippen molar-refractivity contribution in [2.75, 3.05) is 0 Å². The number of nitrogens with one attached hydrogen (secondary N) is 2. The summed E-state index contributed by atoms with van der Waals surface area (Å²) < 4.78 is 4.89. The lowest BCUT2D eigenvalue weighted by molar-refractivity contribution is 0.117. The van der Waals surface area contributed by atoms with Crippen LogP contribution in [0.1, 0.15) is 13.8 Å². The first-order valence-corrected chi connectivity index (χ1v) is 5.09. The van der Waals surface area contributed by atoms with Crippen molar-refractivity contribution < 1.29 is 9.53 Å². The lowest BCUT2D eigenvalue weighted by Crippen LogP contribution is -2.33. The predicted molar refractivity (Wildman–Crippen MR) is 59.0 cm³/mol. The molecule has 0 unspecified atom stereocenters. The Labute approximate surface area is 98.3 Å². The molecule has 6 heteroatoms. The highest BCUT2D eigenvalue weighted by Crippen LogP contribution is 2.27. The second kappa shape index (κ2) is 5.28. The van der Waals surface area contributed by atoms with E-state index >= 15 is 0 Å². The quantitative estimate of drug-likeness (QED) is 0.791. The number of hydrogen-bond acceptors (Lipinski definition) is 3. The highest BCUT2D eigenvalue weighted by Gasteiger charge is 2.23. The summed E-state index contributed by atoms with van der Waals surface area (Å²) in [6.07, 6.45) is 2.24. The Bertz CT molecular complexity index is 295. The Morgan fingerprint density at radius 1 is 1.40 bits per heavy atom. The molecule has 1 rings (SSSR count). The summed E-state index contributed by atoms with van der Waals surface area (Å²) in [5.41, 5.74) is 0. The minimum Gasteiger partial charge on any atom is -0.447 e. The molecule has 0 aromatic rings. The summed E-state index contributed by atoms with van der Waals surface area (Å²) in [6.45, 7) is 3.50. The molecule has 0 aromatic heterocycles. The van der Waals surface area contributed by atoms with E-state index in [4.69, 9.17) is 27.9 Å². The molecule has 0 atom stereocenters. The predicted octanol–water partition coefficient (Wildman–Crippen LogP) is 2.42. The molecule has 83 valence electrons. The molecule has 4 nitrogen and oxygen atoms in total. The van der Waals surface area contributed by atoms with Gasteiger partial charge in [0.25, 0.3) is 0 Å². The zero-order valence-corrected chi connectivity index (χ0v) is 9.82. The van der Waals surface area contributed by atoms with E-state index in [9.17, 15) is 4.79 Å². The third-order valence-electron chi connectivity index (χ3n) is 1.47. The maximum Gasteiger partial charge on any atom is 0.408 e. The van der Waals surface area contributed by atoms with E-state index in [-0.39, 0.29) is 6.10 Å². The minimum atomic E-state index is -0.583. The molecule has 0 bridgehead atoms.